The molecule has 0 bridgehead atoms. The van der Waals surface area contributed by atoms with Crippen LogP contribution in [-0.2, 0) is 23.1 Å². The SMILES string of the molecule is CC[N+](CC)(CCCCN(Cc1ccc2c(c1)OCCO2)S(=O)(=O)c1ccc(Cl)c(Cl)c1)Cc1cc(C)cc(C)c1. The van der Waals surface area contributed by atoms with Crippen molar-refractivity contribution in [2.45, 2.75) is 58.5 Å². The first-order valence-electron chi connectivity index (χ1n) is 14.3. The average molecular weight is 621 g/mol. The Kier molecular flexibility index (Phi) is 10.6. The Hall–Kier alpha value is -2.29. The number of nitrogens with zero attached hydrogens (tertiary/aromatic N) is 2. The molecule has 3 aromatic carbocycles. The fraction of sp³-hybridized carbons (Fsp3) is 0.438. The molecule has 0 radical (unpaired) electrons. The minimum absolute atomic E-state index is 0.131. The molecule has 3 aromatic rings. The van der Waals surface area contributed by atoms with Gasteiger partial charge in [0.1, 0.15) is 19.8 Å². The molecule has 0 unspecified atom stereocenters. The van der Waals surface area contributed by atoms with E-state index in [9.17, 15) is 8.42 Å². The van der Waals surface area contributed by atoms with Gasteiger partial charge in [-0.3, -0.25) is 0 Å². The number of rotatable bonds is 13. The number of quaternary nitrogens is 1. The zero-order valence-electron chi connectivity index (χ0n) is 24.5. The second-order valence-electron chi connectivity index (χ2n) is 11.0. The van der Waals surface area contributed by atoms with Gasteiger partial charge in [-0.1, -0.05) is 58.6 Å². The van der Waals surface area contributed by atoms with Crippen LogP contribution < -0.4 is 9.47 Å². The molecule has 9 heteroatoms. The minimum atomic E-state index is -3.83. The maximum Gasteiger partial charge on any atom is 0.243 e. The van der Waals surface area contributed by atoms with Gasteiger partial charge in [0.15, 0.2) is 11.5 Å². The van der Waals surface area contributed by atoms with Crippen molar-refractivity contribution >= 4 is 33.2 Å². The summed E-state index contributed by atoms with van der Waals surface area (Å²) in [5.74, 6) is 1.32. The maximum atomic E-state index is 13.9. The monoisotopic (exact) mass is 619 g/mol. The zero-order valence-corrected chi connectivity index (χ0v) is 26.8. The summed E-state index contributed by atoms with van der Waals surface area (Å²) >= 11 is 12.3. The van der Waals surface area contributed by atoms with Crippen molar-refractivity contribution in [1.29, 1.82) is 0 Å². The Morgan fingerprint density at radius 2 is 1.49 bits per heavy atom. The van der Waals surface area contributed by atoms with E-state index >= 15 is 0 Å². The molecular formula is C32H41Cl2N2O4S+. The lowest BCUT2D eigenvalue weighted by Crippen LogP contribution is -2.47. The third-order valence-corrected chi connectivity index (χ3v) is 10.5. The van der Waals surface area contributed by atoms with Gasteiger partial charge in [-0.05, 0) is 76.4 Å². The van der Waals surface area contributed by atoms with Gasteiger partial charge in [-0.15, -0.1) is 0 Å². The van der Waals surface area contributed by atoms with E-state index in [1.807, 2.05) is 18.2 Å². The first-order chi connectivity index (χ1) is 19.5. The first kappa shape index (κ1) is 31.6. The summed E-state index contributed by atoms with van der Waals surface area (Å²) in [7, 11) is -3.83. The van der Waals surface area contributed by atoms with Gasteiger partial charge in [-0.2, -0.15) is 4.31 Å². The summed E-state index contributed by atoms with van der Waals surface area (Å²) in [5.41, 5.74) is 4.76. The molecular weight excluding hydrogens is 579 g/mol. The molecule has 0 fully saturated rings. The highest BCUT2D eigenvalue weighted by Gasteiger charge is 2.28. The topological polar surface area (TPSA) is 55.8 Å². The Labute approximate surface area is 255 Å². The van der Waals surface area contributed by atoms with Crippen LogP contribution in [0.3, 0.4) is 0 Å². The molecule has 0 saturated carbocycles. The Balaban J connectivity index is 1.51. The van der Waals surface area contributed by atoms with Crippen LogP contribution in [0.5, 0.6) is 11.5 Å². The quantitative estimate of drug-likeness (QED) is 0.148. The van der Waals surface area contributed by atoms with Crippen molar-refractivity contribution in [1.82, 2.24) is 4.31 Å². The Bertz CT molecular complexity index is 1440. The van der Waals surface area contributed by atoms with E-state index in [1.165, 1.54) is 39.2 Å². The third-order valence-electron chi connectivity index (χ3n) is 7.93. The number of hydrogen-bond donors (Lipinski definition) is 0. The number of ether oxygens (including phenoxy) is 2. The fourth-order valence-corrected chi connectivity index (χ4v) is 7.44. The Morgan fingerprint density at radius 3 is 2.15 bits per heavy atom. The minimum Gasteiger partial charge on any atom is -0.486 e. The molecule has 6 nitrogen and oxygen atoms in total. The van der Waals surface area contributed by atoms with Crippen molar-refractivity contribution in [2.24, 2.45) is 0 Å². The van der Waals surface area contributed by atoms with Crippen LogP contribution in [-0.4, -0.2) is 56.6 Å². The molecule has 0 atom stereocenters. The lowest BCUT2D eigenvalue weighted by atomic mass is 10.1. The number of sulfonamides is 1. The van der Waals surface area contributed by atoms with Crippen molar-refractivity contribution in [2.75, 3.05) is 39.4 Å². The molecule has 1 heterocycles. The molecule has 0 aromatic heterocycles. The molecule has 0 saturated heterocycles. The van der Waals surface area contributed by atoms with Crippen LogP contribution >= 0.6 is 23.2 Å². The highest BCUT2D eigenvalue weighted by atomic mass is 35.5. The van der Waals surface area contributed by atoms with Crippen LogP contribution in [0.2, 0.25) is 10.0 Å². The van der Waals surface area contributed by atoms with E-state index in [0.29, 0.717) is 36.3 Å². The summed E-state index contributed by atoms with van der Waals surface area (Å²) < 4.78 is 41.6. The number of fused-ring (bicyclic) bond motifs is 1. The van der Waals surface area contributed by atoms with Gasteiger partial charge in [0, 0.05) is 18.7 Å². The number of hydrogen-bond acceptors (Lipinski definition) is 4. The van der Waals surface area contributed by atoms with E-state index in [-0.39, 0.29) is 16.5 Å². The number of halogens is 2. The summed E-state index contributed by atoms with van der Waals surface area (Å²) in [6.45, 7) is 14.3. The first-order valence-corrected chi connectivity index (χ1v) is 16.5. The standard InChI is InChI=1S/C32H41Cl2N2O4S/c1-5-36(6-2,23-27-18-24(3)17-25(4)19-27)14-8-7-13-35(41(37,38)28-10-11-29(33)30(34)21-28)22-26-9-12-31-32(20-26)40-16-15-39-31/h9-12,17-21H,5-8,13-16,22-23H2,1-4H3/q+1. The van der Waals surface area contributed by atoms with Gasteiger partial charge in [0.25, 0.3) is 0 Å². The summed E-state index contributed by atoms with van der Waals surface area (Å²) in [5, 5.41) is 0.535. The second-order valence-corrected chi connectivity index (χ2v) is 13.7. The number of benzene rings is 3. The van der Waals surface area contributed by atoms with Crippen molar-refractivity contribution in [3.8, 4) is 11.5 Å². The molecule has 4 rings (SSSR count). The van der Waals surface area contributed by atoms with Gasteiger partial charge in [0.05, 0.1) is 34.6 Å². The molecule has 0 spiro atoms. The highest BCUT2D eigenvalue weighted by Crippen LogP contribution is 2.32. The van der Waals surface area contributed by atoms with E-state index in [4.69, 9.17) is 32.7 Å². The summed E-state index contributed by atoms with van der Waals surface area (Å²) in [4.78, 5) is 0.131. The molecule has 1 aliphatic heterocycles. The average Bonchev–Trinajstić information content (AvgIpc) is 2.94. The molecule has 222 valence electrons. The lowest BCUT2D eigenvalue weighted by molar-refractivity contribution is -0.938. The van der Waals surface area contributed by atoms with E-state index in [2.05, 4.69) is 45.9 Å². The van der Waals surface area contributed by atoms with Crippen LogP contribution in [0.15, 0.2) is 59.5 Å². The fourth-order valence-electron chi connectivity index (χ4n) is 5.59. The third kappa shape index (κ3) is 7.96. The normalized spacial score (nSPS) is 13.5. The van der Waals surface area contributed by atoms with Crippen molar-refractivity contribution in [3.05, 3.63) is 86.9 Å². The lowest BCUT2D eigenvalue weighted by Gasteiger charge is -2.37. The largest absolute Gasteiger partial charge is 0.486 e. The van der Waals surface area contributed by atoms with E-state index in [1.54, 1.807) is 0 Å². The maximum absolute atomic E-state index is 13.9. The van der Waals surface area contributed by atoms with Crippen molar-refractivity contribution < 1.29 is 22.4 Å². The van der Waals surface area contributed by atoms with Gasteiger partial charge in [0.2, 0.25) is 10.0 Å². The zero-order chi connectivity index (χ0) is 29.6. The van der Waals surface area contributed by atoms with Crippen LogP contribution in [0.25, 0.3) is 0 Å². The highest BCUT2D eigenvalue weighted by molar-refractivity contribution is 7.89. The number of unbranched alkanes of at least 4 members (excludes halogenated alkanes) is 1. The van der Waals surface area contributed by atoms with Gasteiger partial charge in [-0.25, -0.2) is 8.42 Å². The van der Waals surface area contributed by atoms with E-state index < -0.39 is 10.0 Å². The molecule has 0 aliphatic carbocycles. The van der Waals surface area contributed by atoms with Gasteiger partial charge >= 0.3 is 0 Å². The van der Waals surface area contributed by atoms with Crippen LogP contribution in [0.4, 0.5) is 0 Å². The van der Waals surface area contributed by atoms with Crippen LogP contribution in [0, 0.1) is 13.8 Å². The van der Waals surface area contributed by atoms with E-state index in [0.717, 1.165) is 49.1 Å². The smallest absolute Gasteiger partial charge is 0.243 e. The summed E-state index contributed by atoms with van der Waals surface area (Å²) in [6, 6.07) is 16.8. The predicted molar refractivity (Wildman–Crippen MR) is 167 cm³/mol. The van der Waals surface area contributed by atoms with Crippen molar-refractivity contribution in [3.63, 3.8) is 0 Å². The number of aryl methyl sites for hydroxylation is 2. The summed E-state index contributed by atoms with van der Waals surface area (Å²) in [6.07, 6.45) is 1.64. The Morgan fingerprint density at radius 1 is 0.805 bits per heavy atom. The molecule has 0 amide bonds. The van der Waals surface area contributed by atoms with Gasteiger partial charge < -0.3 is 14.0 Å². The molecule has 1 aliphatic rings. The molecule has 41 heavy (non-hydrogen) atoms. The second kappa shape index (κ2) is 13.8. The predicted octanol–water partition coefficient (Wildman–Crippen LogP) is 7.41. The van der Waals surface area contributed by atoms with Crippen LogP contribution in [0.1, 0.15) is 48.9 Å². The molecule has 0 N–H and O–H groups in total.